The summed E-state index contributed by atoms with van der Waals surface area (Å²) in [6.07, 6.45) is -3.00. The summed E-state index contributed by atoms with van der Waals surface area (Å²) in [7, 11) is 2.23. The van der Waals surface area contributed by atoms with E-state index in [1.54, 1.807) is 24.5 Å². The number of nitrogens with one attached hydrogen (secondary N) is 2. The van der Waals surface area contributed by atoms with Crippen molar-refractivity contribution in [1.82, 2.24) is 10.6 Å². The first-order valence-corrected chi connectivity index (χ1v) is 12.4. The van der Waals surface area contributed by atoms with Crippen LogP contribution in [-0.4, -0.2) is 42.9 Å². The number of phenols is 1. The van der Waals surface area contributed by atoms with Crippen LogP contribution in [-0.2, 0) is 31.8 Å². The lowest BCUT2D eigenvalue weighted by Crippen LogP contribution is -2.41. The smallest absolute Gasteiger partial charge is 0.416 e. The molecule has 0 aromatic heterocycles. The third kappa shape index (κ3) is 5.94. The number of allylic oxidation sites excluding steroid dienone is 1. The van der Waals surface area contributed by atoms with Gasteiger partial charge in [0.1, 0.15) is 5.75 Å². The largest absolute Gasteiger partial charge is 0.508 e. The SMILES string of the molecule is COC(=O)C1=C(C)NC(C(NCc2ccccc2O)SC)=C(C(=O)OC)C1c1ccccc1C(F)(F)F. The number of halogens is 3. The fourth-order valence-corrected chi connectivity index (χ4v) is 4.93. The van der Waals surface area contributed by atoms with Crippen LogP contribution >= 0.6 is 11.8 Å². The number of thioether (sulfide) groups is 1. The number of alkyl halides is 3. The maximum Gasteiger partial charge on any atom is 0.416 e. The summed E-state index contributed by atoms with van der Waals surface area (Å²) in [6.45, 7) is 1.72. The van der Waals surface area contributed by atoms with E-state index in [2.05, 4.69) is 10.6 Å². The normalized spacial score (nSPS) is 16.8. The molecule has 3 N–H and O–H groups in total. The van der Waals surface area contributed by atoms with E-state index in [0.29, 0.717) is 5.56 Å². The fraction of sp³-hybridized carbons (Fsp3) is 0.308. The maximum absolute atomic E-state index is 14.1. The van der Waals surface area contributed by atoms with Gasteiger partial charge in [0.25, 0.3) is 0 Å². The van der Waals surface area contributed by atoms with Crippen LogP contribution in [0.5, 0.6) is 5.75 Å². The molecule has 7 nitrogen and oxygen atoms in total. The molecule has 0 aliphatic carbocycles. The second-order valence-electron chi connectivity index (χ2n) is 8.12. The third-order valence-corrected chi connectivity index (χ3v) is 6.82. The first-order valence-electron chi connectivity index (χ1n) is 11.1. The number of ether oxygens (including phenoxy) is 2. The standard InChI is InChI=1S/C26H27F3N2O5S/c1-14-19(24(33)35-2)20(16-10-6-7-11-17(16)26(27,28)29)21(25(34)36-3)22(31-14)23(37-4)30-13-15-9-5-8-12-18(15)32/h5-12,20,23,30-32H,13H2,1-4H3. The quantitative estimate of drug-likeness (QED) is 0.337. The predicted molar refractivity (Wildman–Crippen MR) is 133 cm³/mol. The molecule has 1 aliphatic rings. The Kier molecular flexibility index (Phi) is 8.93. The lowest BCUT2D eigenvalue weighted by atomic mass is 9.78. The van der Waals surface area contributed by atoms with Gasteiger partial charge in [-0.05, 0) is 30.9 Å². The molecule has 198 valence electrons. The molecule has 0 bridgehead atoms. The predicted octanol–water partition coefficient (Wildman–Crippen LogP) is 4.45. The van der Waals surface area contributed by atoms with Crippen LogP contribution in [0.1, 0.15) is 29.5 Å². The van der Waals surface area contributed by atoms with E-state index < -0.39 is 35.0 Å². The number of esters is 2. The Bertz CT molecular complexity index is 1240. The second-order valence-corrected chi connectivity index (χ2v) is 9.06. The summed E-state index contributed by atoms with van der Waals surface area (Å²) in [5.41, 5.74) is -0.506. The minimum absolute atomic E-state index is 0.0645. The summed E-state index contributed by atoms with van der Waals surface area (Å²) in [5.74, 6) is -3.14. The van der Waals surface area contributed by atoms with E-state index in [9.17, 15) is 27.9 Å². The van der Waals surface area contributed by atoms with Gasteiger partial charge in [-0.2, -0.15) is 13.2 Å². The zero-order valence-corrected chi connectivity index (χ0v) is 21.4. The van der Waals surface area contributed by atoms with E-state index in [1.165, 1.54) is 43.0 Å². The molecule has 0 saturated heterocycles. The summed E-state index contributed by atoms with van der Waals surface area (Å²) in [6, 6.07) is 11.5. The van der Waals surface area contributed by atoms with E-state index in [0.717, 1.165) is 20.3 Å². The van der Waals surface area contributed by atoms with Crippen LogP contribution in [0.15, 0.2) is 71.1 Å². The van der Waals surface area contributed by atoms with Crippen molar-refractivity contribution in [2.24, 2.45) is 0 Å². The van der Waals surface area contributed by atoms with Crippen LogP contribution in [0.25, 0.3) is 0 Å². The van der Waals surface area contributed by atoms with Crippen LogP contribution in [0.2, 0.25) is 0 Å². The summed E-state index contributed by atoms with van der Waals surface area (Å²) >= 11 is 1.28. The van der Waals surface area contributed by atoms with Gasteiger partial charge in [-0.15, -0.1) is 11.8 Å². The molecule has 0 amide bonds. The molecule has 2 unspecified atom stereocenters. The van der Waals surface area contributed by atoms with Crippen LogP contribution < -0.4 is 10.6 Å². The van der Waals surface area contributed by atoms with Gasteiger partial charge >= 0.3 is 18.1 Å². The first-order chi connectivity index (χ1) is 17.5. The molecule has 0 spiro atoms. The zero-order valence-electron chi connectivity index (χ0n) is 20.6. The van der Waals surface area contributed by atoms with Crippen LogP contribution in [0, 0.1) is 0 Å². The molecule has 0 saturated carbocycles. The molecule has 3 rings (SSSR count). The molecule has 37 heavy (non-hydrogen) atoms. The van der Waals surface area contributed by atoms with Crippen molar-refractivity contribution < 1.29 is 37.3 Å². The molecule has 0 radical (unpaired) electrons. The average molecular weight is 537 g/mol. The Morgan fingerprint density at radius 2 is 1.65 bits per heavy atom. The van der Waals surface area contributed by atoms with Crippen LogP contribution in [0.3, 0.4) is 0 Å². The highest BCUT2D eigenvalue weighted by Gasteiger charge is 2.44. The molecule has 11 heteroatoms. The van der Waals surface area contributed by atoms with E-state index in [4.69, 9.17) is 9.47 Å². The number of aromatic hydroxyl groups is 1. The van der Waals surface area contributed by atoms with Crippen LogP contribution in [0.4, 0.5) is 13.2 Å². The molecule has 0 fully saturated rings. The third-order valence-electron chi connectivity index (χ3n) is 5.95. The molecule has 2 aromatic rings. The molecule has 2 atom stereocenters. The van der Waals surface area contributed by atoms with Gasteiger partial charge in [0, 0.05) is 17.8 Å². The Hall–Kier alpha value is -3.44. The minimum atomic E-state index is -4.75. The van der Waals surface area contributed by atoms with Gasteiger partial charge in [-0.25, -0.2) is 9.59 Å². The van der Waals surface area contributed by atoms with Crippen molar-refractivity contribution in [1.29, 1.82) is 0 Å². The Morgan fingerprint density at radius 3 is 2.24 bits per heavy atom. The van der Waals surface area contributed by atoms with Crippen molar-refractivity contribution in [3.8, 4) is 5.75 Å². The van der Waals surface area contributed by atoms with Gasteiger partial charge in [-0.3, -0.25) is 5.32 Å². The lowest BCUT2D eigenvalue weighted by molar-refractivity contribution is -0.140. The minimum Gasteiger partial charge on any atom is -0.508 e. The molecular formula is C26H27F3N2O5S. The second kappa shape index (κ2) is 11.7. The fourth-order valence-electron chi connectivity index (χ4n) is 4.26. The number of carbonyl (C=O) groups is 2. The molecule has 2 aromatic carbocycles. The number of benzene rings is 2. The number of carbonyl (C=O) groups excluding carboxylic acids is 2. The number of para-hydroxylation sites is 1. The van der Waals surface area contributed by atoms with Gasteiger partial charge in [-0.1, -0.05) is 36.4 Å². The zero-order chi connectivity index (χ0) is 27.3. The highest BCUT2D eigenvalue weighted by atomic mass is 32.2. The number of hydrogen-bond donors (Lipinski definition) is 3. The monoisotopic (exact) mass is 536 g/mol. The Balaban J connectivity index is 2.24. The van der Waals surface area contributed by atoms with E-state index in [1.807, 2.05) is 0 Å². The highest BCUT2D eigenvalue weighted by molar-refractivity contribution is 7.99. The van der Waals surface area contributed by atoms with Crippen molar-refractivity contribution in [2.75, 3.05) is 20.5 Å². The summed E-state index contributed by atoms with van der Waals surface area (Å²) in [5, 5.41) is 15.7. The maximum atomic E-state index is 14.1. The van der Waals surface area contributed by atoms with E-state index in [-0.39, 0.29) is 40.4 Å². The average Bonchev–Trinajstić information content (AvgIpc) is 2.88. The number of methoxy groups -OCH3 is 2. The summed E-state index contributed by atoms with van der Waals surface area (Å²) < 4.78 is 52.1. The first kappa shape index (κ1) is 28.1. The van der Waals surface area contributed by atoms with Gasteiger partial charge in [0.15, 0.2) is 0 Å². The Morgan fingerprint density at radius 1 is 1.05 bits per heavy atom. The van der Waals surface area contributed by atoms with Crippen molar-refractivity contribution >= 4 is 23.7 Å². The summed E-state index contributed by atoms with van der Waals surface area (Å²) in [4.78, 5) is 26.0. The van der Waals surface area contributed by atoms with Gasteiger partial charge < -0.3 is 19.9 Å². The number of phenolic OH excluding ortho intramolecular Hbond substituents is 1. The molecule has 1 aliphatic heterocycles. The van der Waals surface area contributed by atoms with Crippen molar-refractivity contribution in [3.05, 3.63) is 87.8 Å². The van der Waals surface area contributed by atoms with Gasteiger partial charge in [0.05, 0.1) is 47.9 Å². The number of rotatable bonds is 8. The molecule has 1 heterocycles. The van der Waals surface area contributed by atoms with Crippen molar-refractivity contribution in [2.45, 2.75) is 30.9 Å². The molecular weight excluding hydrogens is 509 g/mol. The van der Waals surface area contributed by atoms with Crippen molar-refractivity contribution in [3.63, 3.8) is 0 Å². The highest BCUT2D eigenvalue weighted by Crippen LogP contribution is 2.45. The lowest BCUT2D eigenvalue weighted by Gasteiger charge is -2.35. The number of hydrogen-bond acceptors (Lipinski definition) is 8. The topological polar surface area (TPSA) is 96.9 Å². The Labute approximate surface area is 216 Å². The van der Waals surface area contributed by atoms with Gasteiger partial charge in [0.2, 0.25) is 0 Å². The van der Waals surface area contributed by atoms with E-state index >= 15 is 0 Å². The number of dihydropyridines is 1.